The van der Waals surface area contributed by atoms with E-state index in [1.165, 1.54) is 10.6 Å². The zero-order valence-corrected chi connectivity index (χ0v) is 16.2. The van der Waals surface area contributed by atoms with Gasteiger partial charge in [0.15, 0.2) is 0 Å². The zero-order chi connectivity index (χ0) is 18.2. The SMILES string of the molecule is Cc1cc(C)cc(-c2nn(CN3CCN(S(C)(=O)=O)CC3)c(=S)o2)c1. The van der Waals surface area contributed by atoms with Crippen molar-refractivity contribution >= 4 is 22.2 Å². The summed E-state index contributed by atoms with van der Waals surface area (Å²) in [6.45, 7) is 6.79. The van der Waals surface area contributed by atoms with Crippen molar-refractivity contribution < 1.29 is 12.8 Å². The van der Waals surface area contributed by atoms with E-state index in [4.69, 9.17) is 16.6 Å². The van der Waals surface area contributed by atoms with Crippen molar-refractivity contribution in [3.05, 3.63) is 34.2 Å². The molecule has 1 aromatic carbocycles. The molecule has 0 atom stereocenters. The summed E-state index contributed by atoms with van der Waals surface area (Å²) in [5, 5.41) is 4.50. The minimum atomic E-state index is -3.13. The average Bonchev–Trinajstić information content (AvgIpc) is 2.87. The van der Waals surface area contributed by atoms with Gasteiger partial charge in [0, 0.05) is 31.7 Å². The van der Waals surface area contributed by atoms with Crippen molar-refractivity contribution in [1.29, 1.82) is 0 Å². The fraction of sp³-hybridized carbons (Fsp3) is 0.500. The number of hydrogen-bond acceptors (Lipinski definition) is 6. The first-order chi connectivity index (χ1) is 11.7. The van der Waals surface area contributed by atoms with Crippen LogP contribution in [-0.4, -0.2) is 59.8 Å². The van der Waals surface area contributed by atoms with Crippen LogP contribution in [0.2, 0.25) is 0 Å². The Labute approximate surface area is 152 Å². The van der Waals surface area contributed by atoms with Gasteiger partial charge >= 0.3 is 0 Å². The third-order valence-electron chi connectivity index (χ3n) is 4.21. The highest BCUT2D eigenvalue weighted by molar-refractivity contribution is 7.88. The van der Waals surface area contributed by atoms with Crippen LogP contribution in [0.15, 0.2) is 22.6 Å². The summed E-state index contributed by atoms with van der Waals surface area (Å²) in [5.74, 6) is 0.506. The Kier molecular flexibility index (Phi) is 5.10. The third-order valence-corrected chi connectivity index (χ3v) is 5.81. The molecule has 2 heterocycles. The van der Waals surface area contributed by atoms with Gasteiger partial charge in [0.05, 0.1) is 12.9 Å². The molecule has 0 unspecified atom stereocenters. The summed E-state index contributed by atoms with van der Waals surface area (Å²) in [6.07, 6.45) is 1.24. The molecule has 25 heavy (non-hydrogen) atoms. The van der Waals surface area contributed by atoms with Crippen LogP contribution < -0.4 is 0 Å². The van der Waals surface area contributed by atoms with Crippen LogP contribution in [0.5, 0.6) is 0 Å². The lowest BCUT2D eigenvalue weighted by Crippen LogP contribution is -2.48. The van der Waals surface area contributed by atoms with E-state index in [0.717, 1.165) is 16.7 Å². The number of sulfonamides is 1. The third kappa shape index (κ3) is 4.35. The lowest BCUT2D eigenvalue weighted by Gasteiger charge is -2.32. The maximum absolute atomic E-state index is 11.6. The van der Waals surface area contributed by atoms with Crippen LogP contribution in [0.4, 0.5) is 0 Å². The number of aryl methyl sites for hydroxylation is 2. The Morgan fingerprint density at radius 3 is 2.28 bits per heavy atom. The number of nitrogens with zero attached hydrogens (tertiary/aromatic N) is 4. The number of aromatic nitrogens is 2. The molecule has 0 radical (unpaired) electrons. The van der Waals surface area contributed by atoms with Crippen LogP contribution in [0.25, 0.3) is 11.5 Å². The predicted molar refractivity (Wildman–Crippen MR) is 98.2 cm³/mol. The predicted octanol–water partition coefficient (Wildman–Crippen LogP) is 2.02. The van der Waals surface area contributed by atoms with Crippen LogP contribution in [-0.2, 0) is 16.7 Å². The molecule has 1 aliphatic heterocycles. The van der Waals surface area contributed by atoms with E-state index in [-0.39, 0.29) is 0 Å². The Morgan fingerprint density at radius 2 is 1.72 bits per heavy atom. The topological polar surface area (TPSA) is 71.6 Å². The number of benzene rings is 1. The van der Waals surface area contributed by atoms with Gasteiger partial charge in [-0.05, 0) is 38.2 Å². The van der Waals surface area contributed by atoms with Crippen LogP contribution >= 0.6 is 12.2 Å². The molecule has 9 heteroatoms. The summed E-state index contributed by atoms with van der Waals surface area (Å²) >= 11 is 5.29. The van der Waals surface area contributed by atoms with Gasteiger partial charge in [-0.2, -0.15) is 4.31 Å². The normalized spacial score (nSPS) is 17.1. The number of piperazine rings is 1. The monoisotopic (exact) mass is 382 g/mol. The second kappa shape index (κ2) is 6.99. The summed E-state index contributed by atoms with van der Waals surface area (Å²) in [7, 11) is -3.13. The summed E-state index contributed by atoms with van der Waals surface area (Å²) in [6, 6.07) is 6.13. The molecule has 0 aliphatic carbocycles. The molecule has 0 saturated carbocycles. The van der Waals surface area contributed by atoms with Crippen LogP contribution in [0, 0.1) is 18.7 Å². The highest BCUT2D eigenvalue weighted by Gasteiger charge is 2.24. The lowest BCUT2D eigenvalue weighted by molar-refractivity contribution is 0.144. The molecule has 136 valence electrons. The number of hydrogen-bond donors (Lipinski definition) is 0. The van der Waals surface area contributed by atoms with Crippen LogP contribution in [0.1, 0.15) is 11.1 Å². The van der Waals surface area contributed by atoms with Gasteiger partial charge in [0.1, 0.15) is 0 Å². The van der Waals surface area contributed by atoms with E-state index in [1.54, 1.807) is 4.68 Å². The largest absolute Gasteiger partial charge is 0.409 e. The van der Waals surface area contributed by atoms with Gasteiger partial charge in [-0.25, -0.2) is 13.1 Å². The van der Waals surface area contributed by atoms with Gasteiger partial charge in [-0.15, -0.1) is 5.10 Å². The second-order valence-corrected chi connectivity index (χ2v) is 8.80. The Bertz CT molecular complexity index is 905. The van der Waals surface area contributed by atoms with Crippen molar-refractivity contribution in [3.8, 4) is 11.5 Å². The van der Waals surface area contributed by atoms with Crippen molar-refractivity contribution in [2.24, 2.45) is 0 Å². The van der Waals surface area contributed by atoms with Crippen molar-refractivity contribution in [1.82, 2.24) is 19.0 Å². The molecule has 3 rings (SSSR count). The van der Waals surface area contributed by atoms with Crippen molar-refractivity contribution in [2.45, 2.75) is 20.5 Å². The van der Waals surface area contributed by atoms with E-state index >= 15 is 0 Å². The zero-order valence-electron chi connectivity index (χ0n) is 14.6. The molecular formula is C16H22N4O3S2. The van der Waals surface area contributed by atoms with E-state index in [2.05, 4.69) is 16.1 Å². The van der Waals surface area contributed by atoms with Gasteiger partial charge < -0.3 is 4.42 Å². The summed E-state index contributed by atoms with van der Waals surface area (Å²) in [4.78, 5) is 2.44. The highest BCUT2D eigenvalue weighted by Crippen LogP contribution is 2.21. The molecule has 0 amide bonds. The van der Waals surface area contributed by atoms with Gasteiger partial charge in [0.2, 0.25) is 15.9 Å². The molecule has 0 N–H and O–H groups in total. The van der Waals surface area contributed by atoms with Gasteiger partial charge in [-0.1, -0.05) is 17.2 Å². The fourth-order valence-electron chi connectivity index (χ4n) is 3.00. The standard InChI is InChI=1S/C16H22N4O3S2/c1-12-8-13(2)10-14(9-12)15-17-20(16(24)23-15)11-18-4-6-19(7-5-18)25(3,21)22/h8-10H,4-7,11H2,1-3H3. The average molecular weight is 383 g/mol. The fourth-order valence-corrected chi connectivity index (χ4v) is 4.01. The molecular weight excluding hydrogens is 360 g/mol. The maximum atomic E-state index is 11.6. The quantitative estimate of drug-likeness (QED) is 0.754. The first kappa shape index (κ1) is 18.2. The lowest BCUT2D eigenvalue weighted by atomic mass is 10.1. The van der Waals surface area contributed by atoms with Gasteiger partial charge in [-0.3, -0.25) is 4.90 Å². The molecule has 2 aromatic rings. The molecule has 1 saturated heterocycles. The minimum Gasteiger partial charge on any atom is -0.409 e. The minimum absolute atomic E-state index is 0.319. The van der Waals surface area contributed by atoms with E-state index < -0.39 is 10.0 Å². The van der Waals surface area contributed by atoms with Crippen LogP contribution in [0.3, 0.4) is 0 Å². The molecule has 0 spiro atoms. The maximum Gasteiger partial charge on any atom is 0.288 e. The van der Waals surface area contributed by atoms with E-state index in [1.807, 2.05) is 26.0 Å². The molecule has 1 aromatic heterocycles. The summed E-state index contributed by atoms with van der Waals surface area (Å²) < 4.78 is 32.0. The Balaban J connectivity index is 1.73. The highest BCUT2D eigenvalue weighted by atomic mass is 32.2. The molecule has 1 fully saturated rings. The summed E-state index contributed by atoms with van der Waals surface area (Å²) in [5.41, 5.74) is 3.19. The van der Waals surface area contributed by atoms with Gasteiger partial charge in [0.25, 0.3) is 4.84 Å². The van der Waals surface area contributed by atoms with E-state index in [0.29, 0.717) is 43.6 Å². The number of rotatable bonds is 4. The van der Waals surface area contributed by atoms with Crippen molar-refractivity contribution in [2.75, 3.05) is 32.4 Å². The first-order valence-electron chi connectivity index (χ1n) is 8.06. The Morgan fingerprint density at radius 1 is 1.12 bits per heavy atom. The second-order valence-electron chi connectivity index (χ2n) is 6.47. The molecule has 1 aliphatic rings. The van der Waals surface area contributed by atoms with E-state index in [9.17, 15) is 8.42 Å². The smallest absolute Gasteiger partial charge is 0.288 e. The first-order valence-corrected chi connectivity index (χ1v) is 10.3. The Hall–Kier alpha value is -1.55. The molecule has 0 bridgehead atoms. The van der Waals surface area contributed by atoms with Crippen molar-refractivity contribution in [3.63, 3.8) is 0 Å². The molecule has 7 nitrogen and oxygen atoms in total.